The maximum Gasteiger partial charge on any atom is 0.291 e. The van der Waals surface area contributed by atoms with Crippen LogP contribution in [0.3, 0.4) is 0 Å². The summed E-state index contributed by atoms with van der Waals surface area (Å²) in [4.78, 5) is 21.2. The number of thiazole rings is 1. The van der Waals surface area contributed by atoms with E-state index >= 15 is 0 Å². The molecule has 0 N–H and O–H groups in total. The number of furan rings is 1. The van der Waals surface area contributed by atoms with Crippen LogP contribution >= 0.6 is 11.3 Å². The van der Waals surface area contributed by atoms with E-state index in [1.807, 2.05) is 6.07 Å². The zero-order valence-electron chi connectivity index (χ0n) is 10.6. The Morgan fingerprint density at radius 1 is 1.29 bits per heavy atom. The van der Waals surface area contributed by atoms with E-state index in [0.29, 0.717) is 21.1 Å². The van der Waals surface area contributed by atoms with Gasteiger partial charge in [-0.1, -0.05) is 11.3 Å². The summed E-state index contributed by atoms with van der Waals surface area (Å²) in [6.45, 7) is 0. The number of aromatic nitrogens is 4. The van der Waals surface area contributed by atoms with Crippen LogP contribution in [-0.2, 0) is 0 Å². The number of hydrogen-bond acceptors (Lipinski definition) is 6. The number of nitrogens with zero attached hydrogens (tertiary/aromatic N) is 4. The van der Waals surface area contributed by atoms with Gasteiger partial charge in [-0.2, -0.15) is 9.50 Å². The van der Waals surface area contributed by atoms with Gasteiger partial charge in [-0.15, -0.1) is 5.10 Å². The number of hydrogen-bond donors (Lipinski definition) is 0. The Morgan fingerprint density at radius 2 is 2.24 bits per heavy atom. The van der Waals surface area contributed by atoms with Crippen LogP contribution < -0.4 is 10.1 Å². The zero-order chi connectivity index (χ0) is 14.2. The lowest BCUT2D eigenvalue weighted by molar-refractivity contribution is 0.556. The number of pyridine rings is 1. The molecule has 7 heteroatoms. The molecule has 0 saturated carbocycles. The van der Waals surface area contributed by atoms with Crippen molar-refractivity contribution < 1.29 is 4.42 Å². The van der Waals surface area contributed by atoms with Crippen molar-refractivity contribution in [2.75, 3.05) is 0 Å². The van der Waals surface area contributed by atoms with E-state index in [0.717, 1.165) is 5.56 Å². The summed E-state index contributed by atoms with van der Waals surface area (Å²) in [5, 5.41) is 4.25. The van der Waals surface area contributed by atoms with Crippen LogP contribution in [0.15, 0.2) is 52.1 Å². The predicted molar refractivity (Wildman–Crippen MR) is 77.9 cm³/mol. The molecule has 0 aliphatic rings. The first-order chi connectivity index (χ1) is 10.3. The lowest BCUT2D eigenvalue weighted by Gasteiger charge is -1.90. The van der Waals surface area contributed by atoms with Crippen molar-refractivity contribution in [2.24, 2.45) is 0 Å². The Balaban J connectivity index is 1.87. The third-order valence-electron chi connectivity index (χ3n) is 2.92. The first-order valence-electron chi connectivity index (χ1n) is 6.16. The second-order valence-corrected chi connectivity index (χ2v) is 5.31. The minimum atomic E-state index is -0.200. The van der Waals surface area contributed by atoms with E-state index in [1.165, 1.54) is 15.9 Å². The molecule has 0 atom stereocenters. The summed E-state index contributed by atoms with van der Waals surface area (Å²) < 4.78 is 7.06. The molecular weight excluding hydrogens is 288 g/mol. The minimum Gasteiger partial charge on any atom is -0.465 e. The van der Waals surface area contributed by atoms with Crippen LogP contribution in [0.5, 0.6) is 0 Å². The molecular formula is C14H8N4O2S. The highest BCUT2D eigenvalue weighted by atomic mass is 32.1. The van der Waals surface area contributed by atoms with Gasteiger partial charge in [0.1, 0.15) is 10.3 Å². The van der Waals surface area contributed by atoms with Gasteiger partial charge in [-0.05, 0) is 24.3 Å². The predicted octanol–water partition coefficient (Wildman–Crippen LogP) is 1.35. The first-order valence-corrected chi connectivity index (χ1v) is 6.98. The van der Waals surface area contributed by atoms with Gasteiger partial charge in [0.25, 0.3) is 5.56 Å². The highest BCUT2D eigenvalue weighted by molar-refractivity contribution is 7.15. The summed E-state index contributed by atoms with van der Waals surface area (Å²) in [7, 11) is 0. The van der Waals surface area contributed by atoms with Crippen LogP contribution in [0.25, 0.3) is 22.4 Å². The SMILES string of the molecule is O=c1/c(=C/c2ccco2)sc2nc(-c3cccnc3)nn12. The molecule has 0 spiro atoms. The molecule has 4 aromatic rings. The van der Waals surface area contributed by atoms with E-state index in [4.69, 9.17) is 4.42 Å². The van der Waals surface area contributed by atoms with Gasteiger partial charge in [0.2, 0.25) is 4.96 Å². The van der Waals surface area contributed by atoms with Crippen molar-refractivity contribution in [1.82, 2.24) is 19.6 Å². The molecule has 0 unspecified atom stereocenters. The molecule has 4 aromatic heterocycles. The largest absolute Gasteiger partial charge is 0.465 e. The van der Waals surface area contributed by atoms with Gasteiger partial charge in [-0.3, -0.25) is 9.78 Å². The molecule has 0 bridgehead atoms. The average molecular weight is 296 g/mol. The molecule has 0 fully saturated rings. The summed E-state index contributed by atoms with van der Waals surface area (Å²) in [6.07, 6.45) is 6.60. The summed E-state index contributed by atoms with van der Waals surface area (Å²) >= 11 is 1.28. The van der Waals surface area contributed by atoms with Gasteiger partial charge in [0.05, 0.1) is 6.26 Å². The number of fused-ring (bicyclic) bond motifs is 1. The Bertz CT molecular complexity index is 1000. The van der Waals surface area contributed by atoms with Crippen LogP contribution in [0.2, 0.25) is 0 Å². The van der Waals surface area contributed by atoms with Crippen LogP contribution in [0, 0.1) is 0 Å². The molecule has 0 aromatic carbocycles. The lowest BCUT2D eigenvalue weighted by Crippen LogP contribution is -2.23. The maximum absolute atomic E-state index is 12.3. The van der Waals surface area contributed by atoms with Crippen LogP contribution in [-0.4, -0.2) is 19.6 Å². The summed E-state index contributed by atoms with van der Waals surface area (Å²) in [5.74, 6) is 1.13. The topological polar surface area (TPSA) is 73.3 Å². The monoisotopic (exact) mass is 296 g/mol. The molecule has 21 heavy (non-hydrogen) atoms. The van der Waals surface area contributed by atoms with Crippen molar-refractivity contribution in [3.05, 3.63) is 63.6 Å². The van der Waals surface area contributed by atoms with Crippen molar-refractivity contribution in [3.63, 3.8) is 0 Å². The van der Waals surface area contributed by atoms with E-state index in [2.05, 4.69) is 15.1 Å². The summed E-state index contributed by atoms with van der Waals surface area (Å²) in [6, 6.07) is 7.22. The van der Waals surface area contributed by atoms with Crippen molar-refractivity contribution in [3.8, 4) is 11.4 Å². The smallest absolute Gasteiger partial charge is 0.291 e. The fourth-order valence-electron chi connectivity index (χ4n) is 1.95. The van der Waals surface area contributed by atoms with Crippen molar-refractivity contribution in [2.45, 2.75) is 0 Å². The standard InChI is InChI=1S/C14H8N4O2S/c19-13-11(7-10-4-2-6-20-10)21-14-16-12(17-18(13)14)9-3-1-5-15-8-9/h1-8H/b11-7-. The lowest BCUT2D eigenvalue weighted by atomic mass is 10.3. The normalized spacial score (nSPS) is 12.3. The fraction of sp³-hybridized carbons (Fsp3) is 0. The third kappa shape index (κ3) is 2.03. The first kappa shape index (κ1) is 12.0. The van der Waals surface area contributed by atoms with Crippen molar-refractivity contribution >= 4 is 22.4 Å². The maximum atomic E-state index is 12.3. The Morgan fingerprint density at radius 3 is 2.95 bits per heavy atom. The Labute approximate surface area is 122 Å². The van der Waals surface area contributed by atoms with Crippen molar-refractivity contribution in [1.29, 1.82) is 0 Å². The second-order valence-electron chi connectivity index (χ2n) is 4.30. The quantitative estimate of drug-likeness (QED) is 0.558. The minimum absolute atomic E-state index is 0.200. The van der Waals surface area contributed by atoms with Crippen LogP contribution in [0.4, 0.5) is 0 Å². The molecule has 0 saturated heterocycles. The molecule has 0 amide bonds. The van der Waals surface area contributed by atoms with Gasteiger partial charge in [0, 0.05) is 24.0 Å². The third-order valence-corrected chi connectivity index (χ3v) is 3.88. The zero-order valence-corrected chi connectivity index (χ0v) is 11.4. The highest BCUT2D eigenvalue weighted by Crippen LogP contribution is 2.14. The van der Waals surface area contributed by atoms with E-state index in [9.17, 15) is 4.79 Å². The molecule has 0 radical (unpaired) electrons. The van der Waals surface area contributed by atoms with Gasteiger partial charge in [-0.25, -0.2) is 0 Å². The highest BCUT2D eigenvalue weighted by Gasteiger charge is 2.11. The fourth-order valence-corrected chi connectivity index (χ4v) is 2.84. The summed E-state index contributed by atoms with van der Waals surface area (Å²) in [5.41, 5.74) is 0.582. The molecule has 6 nitrogen and oxygen atoms in total. The molecule has 4 rings (SSSR count). The molecule has 4 heterocycles. The van der Waals surface area contributed by atoms with E-state index in [1.54, 1.807) is 42.9 Å². The van der Waals surface area contributed by atoms with Gasteiger partial charge in [0.15, 0.2) is 5.82 Å². The molecule has 102 valence electrons. The van der Waals surface area contributed by atoms with Gasteiger partial charge < -0.3 is 4.42 Å². The molecule has 0 aliphatic heterocycles. The molecule has 0 aliphatic carbocycles. The van der Waals surface area contributed by atoms with Crippen LogP contribution in [0.1, 0.15) is 5.76 Å². The Kier molecular flexibility index (Phi) is 2.65. The average Bonchev–Trinajstić information content (AvgIpc) is 3.21. The number of rotatable bonds is 2. The second kappa shape index (κ2) is 4.64. The van der Waals surface area contributed by atoms with E-state index in [-0.39, 0.29) is 5.56 Å². The van der Waals surface area contributed by atoms with E-state index < -0.39 is 0 Å². The van der Waals surface area contributed by atoms with Gasteiger partial charge >= 0.3 is 0 Å². The Hall–Kier alpha value is -2.80.